The minimum absolute atomic E-state index is 0.163. The molecule has 0 saturated heterocycles. The zero-order valence-electron chi connectivity index (χ0n) is 18.7. The molecule has 3 aromatic heterocycles. The number of hydrogen-bond acceptors (Lipinski definition) is 7. The summed E-state index contributed by atoms with van der Waals surface area (Å²) in [7, 11) is 0. The van der Waals surface area contributed by atoms with Crippen molar-refractivity contribution in [2.45, 2.75) is 72.7 Å². The van der Waals surface area contributed by atoms with E-state index in [9.17, 15) is 5.11 Å². The van der Waals surface area contributed by atoms with Crippen molar-refractivity contribution in [2.75, 3.05) is 10.6 Å². The number of nitrogens with one attached hydrogen (secondary N) is 2. The van der Waals surface area contributed by atoms with Gasteiger partial charge in [0.1, 0.15) is 0 Å². The number of aliphatic hydroxyl groups excluding tert-OH is 1. The van der Waals surface area contributed by atoms with Crippen molar-refractivity contribution in [1.82, 2.24) is 24.5 Å². The van der Waals surface area contributed by atoms with Gasteiger partial charge < -0.3 is 20.3 Å². The van der Waals surface area contributed by atoms with Crippen LogP contribution >= 0.6 is 0 Å². The van der Waals surface area contributed by atoms with Gasteiger partial charge in [-0.3, -0.25) is 4.98 Å². The maximum absolute atomic E-state index is 10.8. The van der Waals surface area contributed by atoms with Crippen molar-refractivity contribution < 1.29 is 5.11 Å². The van der Waals surface area contributed by atoms with Crippen LogP contribution < -0.4 is 10.6 Å². The average molecular weight is 412 g/mol. The summed E-state index contributed by atoms with van der Waals surface area (Å²) in [4.78, 5) is 18.2. The van der Waals surface area contributed by atoms with Crippen LogP contribution in [-0.2, 0) is 6.54 Å². The van der Waals surface area contributed by atoms with Crippen molar-refractivity contribution >= 4 is 22.9 Å². The maximum Gasteiger partial charge on any atom is 0.227 e. The second-order valence-corrected chi connectivity index (χ2v) is 9.00. The van der Waals surface area contributed by atoms with Crippen LogP contribution in [0.2, 0.25) is 0 Å². The van der Waals surface area contributed by atoms with Gasteiger partial charge >= 0.3 is 0 Å². The Bertz CT molecular complexity index is 963. The molecule has 0 aromatic carbocycles. The lowest BCUT2D eigenvalue weighted by molar-refractivity contribution is 0.0451. The molecule has 0 fully saturated rings. The zero-order chi connectivity index (χ0) is 21.9. The van der Waals surface area contributed by atoms with E-state index in [-0.39, 0.29) is 17.5 Å². The van der Waals surface area contributed by atoms with E-state index in [4.69, 9.17) is 9.97 Å². The van der Waals surface area contributed by atoms with Crippen LogP contribution in [0, 0.1) is 5.41 Å². The third-order valence-corrected chi connectivity index (χ3v) is 5.18. The number of pyridine rings is 1. The molecule has 30 heavy (non-hydrogen) atoms. The van der Waals surface area contributed by atoms with Crippen molar-refractivity contribution in [3.8, 4) is 0 Å². The van der Waals surface area contributed by atoms with E-state index in [0.717, 1.165) is 23.1 Å². The monoisotopic (exact) mass is 411 g/mol. The van der Waals surface area contributed by atoms with Gasteiger partial charge in [-0.15, -0.1) is 0 Å². The third kappa shape index (κ3) is 4.87. The minimum atomic E-state index is -0.538. The highest BCUT2D eigenvalue weighted by molar-refractivity contribution is 5.84. The van der Waals surface area contributed by atoms with Gasteiger partial charge in [0.2, 0.25) is 5.95 Å². The lowest BCUT2D eigenvalue weighted by Crippen LogP contribution is -2.42. The van der Waals surface area contributed by atoms with E-state index in [2.05, 4.69) is 34.4 Å². The molecule has 0 aliphatic heterocycles. The first-order valence-electron chi connectivity index (χ1n) is 10.5. The van der Waals surface area contributed by atoms with Crippen LogP contribution in [0.5, 0.6) is 0 Å². The summed E-state index contributed by atoms with van der Waals surface area (Å²) in [6, 6.07) is 3.97. The lowest BCUT2D eigenvalue weighted by atomic mass is 9.84. The predicted molar refractivity (Wildman–Crippen MR) is 120 cm³/mol. The number of nitrogens with zero attached hydrogens (tertiary/aromatic N) is 5. The molecule has 0 bridgehead atoms. The average Bonchev–Trinajstić information content (AvgIpc) is 3.14. The van der Waals surface area contributed by atoms with Gasteiger partial charge in [0.05, 0.1) is 18.5 Å². The Kier molecular flexibility index (Phi) is 6.55. The number of anilines is 2. The Labute approximate surface area is 178 Å². The zero-order valence-corrected chi connectivity index (χ0v) is 18.7. The number of imidazole rings is 1. The van der Waals surface area contributed by atoms with E-state index in [1.807, 2.05) is 50.6 Å². The fraction of sp³-hybridized carbons (Fsp3) is 0.545. The van der Waals surface area contributed by atoms with Crippen LogP contribution in [0.4, 0.5) is 11.8 Å². The van der Waals surface area contributed by atoms with Crippen LogP contribution in [0.15, 0.2) is 30.9 Å². The molecule has 0 aliphatic rings. The second-order valence-electron chi connectivity index (χ2n) is 9.00. The normalized spacial score (nSPS) is 14.1. The summed E-state index contributed by atoms with van der Waals surface area (Å²) in [6.07, 6.45) is 5.59. The fourth-order valence-corrected chi connectivity index (χ4v) is 3.34. The molecule has 3 rings (SSSR count). The predicted octanol–water partition coefficient (Wildman–Crippen LogP) is 4.01. The highest BCUT2D eigenvalue weighted by Crippen LogP contribution is 2.27. The molecule has 2 atom stereocenters. The summed E-state index contributed by atoms with van der Waals surface area (Å²) in [5.41, 5.74) is 2.29. The first-order chi connectivity index (χ1) is 14.2. The molecular formula is C22H33N7O. The van der Waals surface area contributed by atoms with Crippen LogP contribution in [0.3, 0.4) is 0 Å². The van der Waals surface area contributed by atoms with Crippen molar-refractivity contribution in [2.24, 2.45) is 5.41 Å². The van der Waals surface area contributed by atoms with E-state index < -0.39 is 6.10 Å². The quantitative estimate of drug-likeness (QED) is 0.515. The third-order valence-electron chi connectivity index (χ3n) is 5.18. The van der Waals surface area contributed by atoms with Crippen molar-refractivity contribution in [3.05, 3.63) is 36.4 Å². The van der Waals surface area contributed by atoms with Gasteiger partial charge in [0.15, 0.2) is 17.0 Å². The topological polar surface area (TPSA) is 101 Å². The molecule has 3 aromatic rings. The molecule has 0 radical (unpaired) electrons. The minimum Gasteiger partial charge on any atom is -0.390 e. The summed E-state index contributed by atoms with van der Waals surface area (Å²) in [6.45, 7) is 12.9. The Morgan fingerprint density at radius 1 is 1.20 bits per heavy atom. The maximum atomic E-state index is 10.8. The summed E-state index contributed by atoms with van der Waals surface area (Å²) >= 11 is 0. The van der Waals surface area contributed by atoms with Gasteiger partial charge in [0, 0.05) is 25.0 Å². The summed E-state index contributed by atoms with van der Waals surface area (Å²) < 4.78 is 2.03. The standard InChI is InChI=1S/C22H33N7O/c1-7-16(18(30)22(4,5)6)26-21-27-19(24-12-15-9-8-10-23-11-15)17-20(28-21)29(13-25-17)14(2)3/h8-11,13-14,16,18,30H,7,12H2,1-6H3,(H2,24,26,27,28)/t16-,18+/m0/s1. The van der Waals surface area contributed by atoms with E-state index in [1.165, 1.54) is 0 Å². The van der Waals surface area contributed by atoms with E-state index in [0.29, 0.717) is 18.3 Å². The molecule has 162 valence electrons. The van der Waals surface area contributed by atoms with Gasteiger partial charge in [0.25, 0.3) is 0 Å². The molecule has 0 saturated carbocycles. The molecule has 3 heterocycles. The smallest absolute Gasteiger partial charge is 0.227 e. The number of rotatable bonds is 8. The molecule has 8 nitrogen and oxygen atoms in total. The Morgan fingerprint density at radius 3 is 2.57 bits per heavy atom. The second kappa shape index (κ2) is 8.95. The van der Waals surface area contributed by atoms with Crippen LogP contribution in [0.25, 0.3) is 11.2 Å². The van der Waals surface area contributed by atoms with Crippen molar-refractivity contribution in [3.63, 3.8) is 0 Å². The van der Waals surface area contributed by atoms with E-state index >= 15 is 0 Å². The number of fused-ring (bicyclic) bond motifs is 1. The molecule has 0 amide bonds. The molecule has 8 heteroatoms. The molecule has 3 N–H and O–H groups in total. The number of aromatic nitrogens is 5. The highest BCUT2D eigenvalue weighted by atomic mass is 16.3. The van der Waals surface area contributed by atoms with E-state index in [1.54, 1.807) is 12.5 Å². The lowest BCUT2D eigenvalue weighted by Gasteiger charge is -2.33. The summed E-state index contributed by atoms with van der Waals surface area (Å²) in [5.74, 6) is 1.14. The van der Waals surface area contributed by atoms with Crippen molar-refractivity contribution in [1.29, 1.82) is 0 Å². The van der Waals surface area contributed by atoms with Crippen LogP contribution in [-0.4, -0.2) is 41.8 Å². The fourth-order valence-electron chi connectivity index (χ4n) is 3.34. The first-order valence-corrected chi connectivity index (χ1v) is 10.5. The first kappa shape index (κ1) is 22.0. The number of aliphatic hydroxyl groups is 1. The Balaban J connectivity index is 1.96. The SMILES string of the molecule is CC[C@H](Nc1nc(NCc2cccnc2)c2ncn(C(C)C)c2n1)[C@@H](O)C(C)(C)C. The summed E-state index contributed by atoms with van der Waals surface area (Å²) in [5, 5.41) is 17.5. The Hall–Kier alpha value is -2.74. The van der Waals surface area contributed by atoms with Gasteiger partial charge in [-0.25, -0.2) is 4.98 Å². The largest absolute Gasteiger partial charge is 0.390 e. The van der Waals surface area contributed by atoms with Gasteiger partial charge in [-0.2, -0.15) is 9.97 Å². The van der Waals surface area contributed by atoms with Crippen LogP contribution in [0.1, 0.15) is 59.6 Å². The highest BCUT2D eigenvalue weighted by Gasteiger charge is 2.30. The molecule has 0 aliphatic carbocycles. The van der Waals surface area contributed by atoms with Gasteiger partial charge in [-0.1, -0.05) is 33.8 Å². The Morgan fingerprint density at radius 2 is 1.97 bits per heavy atom. The molecule has 0 unspecified atom stereocenters. The number of hydrogen-bond donors (Lipinski definition) is 3. The van der Waals surface area contributed by atoms with Gasteiger partial charge in [-0.05, 0) is 37.3 Å². The molecular weight excluding hydrogens is 378 g/mol. The molecule has 0 spiro atoms.